The van der Waals surface area contributed by atoms with Crippen LogP contribution in [-0.2, 0) is 0 Å². The number of rotatable bonds is 3. The average molecular weight is 298 g/mol. The average Bonchev–Trinajstić information content (AvgIpc) is 2.84. The minimum Gasteiger partial charge on any atom is -0.456 e. The SMILES string of the molecule is OC(c1ccc2oc3ccccc3c2c1)C(F)(F)C(F)F. The van der Waals surface area contributed by atoms with E-state index in [0.29, 0.717) is 21.9 Å². The van der Waals surface area contributed by atoms with Gasteiger partial charge in [0, 0.05) is 10.8 Å². The fourth-order valence-corrected chi connectivity index (χ4v) is 2.26. The maximum atomic E-state index is 13.2. The highest BCUT2D eigenvalue weighted by Crippen LogP contribution is 2.38. The van der Waals surface area contributed by atoms with E-state index in [4.69, 9.17) is 4.42 Å². The Balaban J connectivity index is 2.14. The van der Waals surface area contributed by atoms with Crippen LogP contribution in [0.25, 0.3) is 21.9 Å². The van der Waals surface area contributed by atoms with E-state index in [1.54, 1.807) is 24.3 Å². The van der Waals surface area contributed by atoms with E-state index in [1.807, 2.05) is 0 Å². The van der Waals surface area contributed by atoms with Crippen LogP contribution < -0.4 is 0 Å². The Bertz CT molecular complexity index is 795. The summed E-state index contributed by atoms with van der Waals surface area (Å²) < 4.78 is 56.6. The first-order chi connectivity index (χ1) is 9.91. The van der Waals surface area contributed by atoms with Crippen LogP contribution in [0, 0.1) is 0 Å². The van der Waals surface area contributed by atoms with E-state index >= 15 is 0 Å². The monoisotopic (exact) mass is 298 g/mol. The lowest BCUT2D eigenvalue weighted by Gasteiger charge is -2.21. The molecule has 1 atom stereocenters. The summed E-state index contributed by atoms with van der Waals surface area (Å²) in [5.41, 5.74) is 0.714. The highest BCUT2D eigenvalue weighted by atomic mass is 19.3. The molecule has 0 amide bonds. The molecule has 0 aliphatic carbocycles. The summed E-state index contributed by atoms with van der Waals surface area (Å²) in [7, 11) is 0. The fraction of sp³-hybridized carbons (Fsp3) is 0.200. The normalized spacial score (nSPS) is 14.2. The predicted octanol–water partition coefficient (Wildman–Crippen LogP) is 4.52. The standard InChI is InChI=1S/C15H10F4O2/c16-14(17)15(18,19)13(20)8-5-6-12-10(7-8)9-3-1-2-4-11(9)21-12/h1-7,13-14,20H. The van der Waals surface area contributed by atoms with E-state index < -0.39 is 18.5 Å². The van der Waals surface area contributed by atoms with Crippen molar-refractivity contribution < 1.29 is 27.1 Å². The minimum atomic E-state index is -4.51. The van der Waals surface area contributed by atoms with Gasteiger partial charge in [0.25, 0.3) is 0 Å². The molecule has 1 unspecified atom stereocenters. The molecule has 1 heterocycles. The van der Waals surface area contributed by atoms with Gasteiger partial charge >= 0.3 is 12.3 Å². The third-order valence-corrected chi connectivity index (χ3v) is 3.37. The number of benzene rings is 2. The molecule has 0 saturated heterocycles. The Morgan fingerprint density at radius 2 is 1.62 bits per heavy atom. The number of alkyl halides is 4. The zero-order valence-corrected chi connectivity index (χ0v) is 10.6. The molecule has 6 heteroatoms. The van der Waals surface area contributed by atoms with Gasteiger partial charge in [0.1, 0.15) is 17.3 Å². The lowest BCUT2D eigenvalue weighted by molar-refractivity contribution is -0.193. The van der Waals surface area contributed by atoms with Gasteiger partial charge in [0.05, 0.1) is 0 Å². The summed E-state index contributed by atoms with van der Waals surface area (Å²) in [5.74, 6) is -4.51. The van der Waals surface area contributed by atoms with Gasteiger partial charge in [-0.1, -0.05) is 24.3 Å². The van der Waals surface area contributed by atoms with Crippen LogP contribution in [0.3, 0.4) is 0 Å². The van der Waals surface area contributed by atoms with Gasteiger partial charge in [-0.3, -0.25) is 0 Å². The van der Waals surface area contributed by atoms with Gasteiger partial charge in [0.2, 0.25) is 0 Å². The zero-order chi connectivity index (χ0) is 15.2. The van der Waals surface area contributed by atoms with Crippen LogP contribution in [-0.4, -0.2) is 17.5 Å². The third-order valence-electron chi connectivity index (χ3n) is 3.37. The number of halogens is 4. The third kappa shape index (κ3) is 2.15. The fourth-order valence-electron chi connectivity index (χ4n) is 2.26. The number of fused-ring (bicyclic) bond motifs is 3. The van der Waals surface area contributed by atoms with Crippen molar-refractivity contribution in [3.63, 3.8) is 0 Å². The topological polar surface area (TPSA) is 33.4 Å². The van der Waals surface area contributed by atoms with E-state index in [0.717, 1.165) is 6.07 Å². The Labute approximate surface area is 116 Å². The largest absolute Gasteiger partial charge is 0.456 e. The Hall–Kier alpha value is -2.08. The second-order valence-electron chi connectivity index (χ2n) is 4.73. The summed E-state index contributed by atoms with van der Waals surface area (Å²) in [6.45, 7) is 0. The Morgan fingerprint density at radius 1 is 0.952 bits per heavy atom. The molecule has 0 radical (unpaired) electrons. The summed E-state index contributed by atoms with van der Waals surface area (Å²) in [5, 5.41) is 10.7. The summed E-state index contributed by atoms with van der Waals surface area (Å²) in [6.07, 6.45) is -6.51. The van der Waals surface area contributed by atoms with E-state index in [2.05, 4.69) is 0 Å². The zero-order valence-electron chi connectivity index (χ0n) is 10.6. The molecule has 0 bridgehead atoms. The van der Waals surface area contributed by atoms with Gasteiger partial charge in [-0.15, -0.1) is 0 Å². The molecule has 0 saturated carbocycles. The van der Waals surface area contributed by atoms with Crippen LogP contribution in [0.2, 0.25) is 0 Å². The first kappa shape index (κ1) is 13.9. The molecule has 1 N–H and O–H groups in total. The van der Waals surface area contributed by atoms with Crippen molar-refractivity contribution in [1.29, 1.82) is 0 Å². The van der Waals surface area contributed by atoms with Crippen LogP contribution >= 0.6 is 0 Å². The number of aliphatic hydroxyl groups excluding tert-OH is 1. The number of furan rings is 1. The quantitative estimate of drug-likeness (QED) is 0.721. The lowest BCUT2D eigenvalue weighted by atomic mass is 10.0. The van der Waals surface area contributed by atoms with E-state index in [-0.39, 0.29) is 5.56 Å². The van der Waals surface area contributed by atoms with Crippen molar-refractivity contribution in [1.82, 2.24) is 0 Å². The summed E-state index contributed by atoms with van der Waals surface area (Å²) >= 11 is 0. The van der Waals surface area contributed by atoms with Gasteiger partial charge in [0.15, 0.2) is 0 Å². The number of para-hydroxylation sites is 1. The molecule has 0 fully saturated rings. The van der Waals surface area contributed by atoms with E-state index in [9.17, 15) is 22.7 Å². The number of aliphatic hydroxyl groups is 1. The van der Waals surface area contributed by atoms with Gasteiger partial charge in [-0.05, 0) is 23.8 Å². The number of hydrogen-bond donors (Lipinski definition) is 1. The van der Waals surface area contributed by atoms with Crippen molar-refractivity contribution in [3.05, 3.63) is 48.0 Å². The van der Waals surface area contributed by atoms with Crippen LogP contribution in [0.4, 0.5) is 17.6 Å². The molecule has 110 valence electrons. The highest BCUT2D eigenvalue weighted by molar-refractivity contribution is 6.05. The molecule has 0 aliphatic heterocycles. The molecule has 3 rings (SSSR count). The molecule has 1 aromatic heterocycles. The molecular weight excluding hydrogens is 288 g/mol. The van der Waals surface area contributed by atoms with Crippen LogP contribution in [0.1, 0.15) is 11.7 Å². The second kappa shape index (κ2) is 4.73. The molecular formula is C15H10F4O2. The molecule has 0 spiro atoms. The Morgan fingerprint density at radius 3 is 2.33 bits per heavy atom. The summed E-state index contributed by atoms with van der Waals surface area (Å²) in [6, 6.07) is 10.7. The van der Waals surface area contributed by atoms with Gasteiger partial charge in [-0.2, -0.15) is 8.78 Å². The van der Waals surface area contributed by atoms with Crippen molar-refractivity contribution >= 4 is 21.9 Å². The van der Waals surface area contributed by atoms with Crippen molar-refractivity contribution in [2.75, 3.05) is 0 Å². The molecule has 0 aliphatic rings. The number of hydrogen-bond acceptors (Lipinski definition) is 2. The first-order valence-corrected chi connectivity index (χ1v) is 6.16. The smallest absolute Gasteiger partial charge is 0.336 e. The first-order valence-electron chi connectivity index (χ1n) is 6.16. The molecule has 2 nitrogen and oxygen atoms in total. The van der Waals surface area contributed by atoms with Gasteiger partial charge < -0.3 is 9.52 Å². The summed E-state index contributed by atoms with van der Waals surface area (Å²) in [4.78, 5) is 0. The molecule has 21 heavy (non-hydrogen) atoms. The van der Waals surface area contributed by atoms with Gasteiger partial charge in [-0.25, -0.2) is 8.78 Å². The minimum absolute atomic E-state index is 0.278. The van der Waals surface area contributed by atoms with Crippen molar-refractivity contribution in [2.45, 2.75) is 18.5 Å². The molecule has 2 aromatic carbocycles. The maximum Gasteiger partial charge on any atom is 0.336 e. The van der Waals surface area contributed by atoms with Crippen molar-refractivity contribution in [3.8, 4) is 0 Å². The maximum absolute atomic E-state index is 13.2. The lowest BCUT2D eigenvalue weighted by Crippen LogP contribution is -2.34. The molecule has 3 aromatic rings. The second-order valence-corrected chi connectivity index (χ2v) is 4.73. The van der Waals surface area contributed by atoms with Crippen molar-refractivity contribution in [2.24, 2.45) is 0 Å². The van der Waals surface area contributed by atoms with Crippen LogP contribution in [0.15, 0.2) is 46.9 Å². The predicted molar refractivity (Wildman–Crippen MR) is 69.6 cm³/mol. The Kier molecular flexibility index (Phi) is 3.13. The van der Waals surface area contributed by atoms with E-state index in [1.165, 1.54) is 12.1 Å². The highest BCUT2D eigenvalue weighted by Gasteiger charge is 2.48. The van der Waals surface area contributed by atoms with Crippen LogP contribution in [0.5, 0.6) is 0 Å².